The van der Waals surface area contributed by atoms with Crippen molar-refractivity contribution in [1.82, 2.24) is 20.1 Å². The maximum absolute atomic E-state index is 12.6. The maximum atomic E-state index is 12.6. The Balaban J connectivity index is 2.01. The first-order valence-corrected chi connectivity index (χ1v) is 8.29. The number of hydrogen-bond acceptors (Lipinski definition) is 6. The quantitative estimate of drug-likeness (QED) is 0.772. The third-order valence-corrected chi connectivity index (χ3v) is 4.84. The first kappa shape index (κ1) is 14.5. The molecule has 2 aromatic heterocycles. The van der Waals surface area contributed by atoms with Gasteiger partial charge in [0.1, 0.15) is 16.2 Å². The lowest BCUT2D eigenvalue weighted by molar-refractivity contribution is 0.315. The van der Waals surface area contributed by atoms with Crippen LogP contribution < -0.4 is 4.72 Å². The van der Waals surface area contributed by atoms with Gasteiger partial charge in [0.15, 0.2) is 5.52 Å². The fourth-order valence-corrected chi connectivity index (χ4v) is 3.31. The number of aromatic nitrogens is 4. The van der Waals surface area contributed by atoms with Crippen LogP contribution in [-0.4, -0.2) is 28.5 Å². The highest BCUT2D eigenvalue weighted by Gasteiger charge is 2.22. The highest BCUT2D eigenvalue weighted by Crippen LogP contribution is 2.24. The lowest BCUT2D eigenvalue weighted by Gasteiger charge is -2.15. The van der Waals surface area contributed by atoms with Gasteiger partial charge in [0.05, 0.1) is 12.2 Å². The summed E-state index contributed by atoms with van der Waals surface area (Å²) in [6.07, 6.45) is 2.39. The fourth-order valence-electron chi connectivity index (χ4n) is 2.11. The summed E-state index contributed by atoms with van der Waals surface area (Å²) in [5.74, 6) is 0.405. The summed E-state index contributed by atoms with van der Waals surface area (Å²) in [4.78, 5) is 0.0168. The normalized spacial score (nSPS) is 13.4. The second-order valence-electron chi connectivity index (χ2n) is 4.91. The number of nitrogens with zero attached hydrogens (tertiary/aromatic N) is 4. The van der Waals surface area contributed by atoms with Crippen LogP contribution in [0.2, 0.25) is 0 Å². The van der Waals surface area contributed by atoms with Crippen LogP contribution in [0.25, 0.3) is 11.0 Å². The van der Waals surface area contributed by atoms with Crippen molar-refractivity contribution in [3.63, 3.8) is 0 Å². The van der Waals surface area contributed by atoms with Crippen molar-refractivity contribution in [3.05, 3.63) is 30.5 Å². The van der Waals surface area contributed by atoms with E-state index in [1.165, 1.54) is 6.07 Å². The fraction of sp³-hybridized carbons (Fsp3) is 0.308. The van der Waals surface area contributed by atoms with Crippen molar-refractivity contribution >= 4 is 26.9 Å². The van der Waals surface area contributed by atoms with E-state index in [9.17, 15) is 8.42 Å². The van der Waals surface area contributed by atoms with Gasteiger partial charge >= 0.3 is 0 Å². The van der Waals surface area contributed by atoms with Gasteiger partial charge < -0.3 is 0 Å². The Labute approximate surface area is 127 Å². The Kier molecular flexibility index (Phi) is 3.57. The van der Waals surface area contributed by atoms with Crippen LogP contribution in [0.3, 0.4) is 0 Å². The molecule has 8 nitrogen and oxygen atoms in total. The van der Waals surface area contributed by atoms with E-state index >= 15 is 0 Å². The largest absolute Gasteiger partial charge is 0.265 e. The molecule has 0 aliphatic carbocycles. The molecule has 9 heteroatoms. The van der Waals surface area contributed by atoms with E-state index in [2.05, 4.69) is 24.8 Å². The van der Waals surface area contributed by atoms with Crippen LogP contribution in [0.1, 0.15) is 26.3 Å². The average Bonchev–Trinajstić information content (AvgIpc) is 3.14. The standard InChI is InChI=1S/C13H15N5O3S/c1-3-9(2)18-12(7-8-14-18)17-22(19,20)11-6-4-5-10-13(11)16-21-15-10/h4-9,17H,3H2,1-2H3/t9-/m1/s1. The molecular weight excluding hydrogens is 306 g/mol. The minimum absolute atomic E-state index is 0.0168. The molecule has 0 aliphatic rings. The number of sulfonamides is 1. The van der Waals surface area contributed by atoms with Crippen molar-refractivity contribution in [1.29, 1.82) is 0 Å². The summed E-state index contributed by atoms with van der Waals surface area (Å²) in [6.45, 7) is 3.97. The van der Waals surface area contributed by atoms with Gasteiger partial charge in [-0.05, 0) is 35.8 Å². The number of hydrogen-bond donors (Lipinski definition) is 1. The first-order chi connectivity index (χ1) is 10.5. The molecular formula is C13H15N5O3S. The van der Waals surface area contributed by atoms with Gasteiger partial charge in [-0.25, -0.2) is 17.7 Å². The van der Waals surface area contributed by atoms with Gasteiger partial charge in [-0.1, -0.05) is 13.0 Å². The Morgan fingerprint density at radius 3 is 2.91 bits per heavy atom. The number of benzene rings is 1. The zero-order chi connectivity index (χ0) is 15.7. The summed E-state index contributed by atoms with van der Waals surface area (Å²) in [6, 6.07) is 6.38. The Morgan fingerprint density at radius 1 is 1.32 bits per heavy atom. The topological polar surface area (TPSA) is 103 Å². The molecule has 1 aromatic carbocycles. The summed E-state index contributed by atoms with van der Waals surface area (Å²) in [7, 11) is -3.82. The molecule has 0 aliphatic heterocycles. The zero-order valence-corrected chi connectivity index (χ0v) is 12.9. The van der Waals surface area contributed by atoms with E-state index in [-0.39, 0.29) is 16.5 Å². The van der Waals surface area contributed by atoms with Crippen LogP contribution in [0.15, 0.2) is 40.0 Å². The second kappa shape index (κ2) is 5.41. The third kappa shape index (κ3) is 2.43. The highest BCUT2D eigenvalue weighted by molar-refractivity contribution is 7.93. The number of nitrogens with one attached hydrogen (secondary N) is 1. The van der Waals surface area contributed by atoms with Crippen LogP contribution in [0, 0.1) is 0 Å². The number of fused-ring (bicyclic) bond motifs is 1. The minimum atomic E-state index is -3.82. The Bertz CT molecular complexity index is 899. The predicted octanol–water partition coefficient (Wildman–Crippen LogP) is 2.19. The molecule has 0 spiro atoms. The zero-order valence-electron chi connectivity index (χ0n) is 12.1. The smallest absolute Gasteiger partial charge is 0.263 e. The number of anilines is 1. The van der Waals surface area contributed by atoms with Crippen molar-refractivity contribution < 1.29 is 13.0 Å². The van der Waals surface area contributed by atoms with E-state index in [4.69, 9.17) is 0 Å². The summed E-state index contributed by atoms with van der Waals surface area (Å²) in [5, 5.41) is 11.5. The van der Waals surface area contributed by atoms with Crippen LogP contribution in [-0.2, 0) is 10.0 Å². The molecule has 1 atom stereocenters. The van der Waals surface area contributed by atoms with Crippen LogP contribution >= 0.6 is 0 Å². The second-order valence-corrected chi connectivity index (χ2v) is 6.56. The molecule has 3 aromatic rings. The van der Waals surface area contributed by atoms with Crippen LogP contribution in [0.5, 0.6) is 0 Å². The summed E-state index contributed by atoms with van der Waals surface area (Å²) < 4.78 is 34.0. The molecule has 0 radical (unpaired) electrons. The van der Waals surface area contributed by atoms with Gasteiger partial charge in [0, 0.05) is 6.07 Å². The first-order valence-electron chi connectivity index (χ1n) is 6.80. The summed E-state index contributed by atoms with van der Waals surface area (Å²) >= 11 is 0. The highest BCUT2D eigenvalue weighted by atomic mass is 32.2. The van der Waals surface area contributed by atoms with Crippen molar-refractivity contribution in [2.45, 2.75) is 31.2 Å². The summed E-state index contributed by atoms with van der Waals surface area (Å²) in [5.41, 5.74) is 0.586. The molecule has 0 unspecified atom stereocenters. The molecule has 0 amide bonds. The molecule has 0 saturated heterocycles. The van der Waals surface area contributed by atoms with E-state index in [1.54, 1.807) is 29.1 Å². The van der Waals surface area contributed by atoms with Gasteiger partial charge in [-0.15, -0.1) is 0 Å². The van der Waals surface area contributed by atoms with Gasteiger partial charge in [0.2, 0.25) is 0 Å². The lowest BCUT2D eigenvalue weighted by atomic mass is 10.3. The molecule has 116 valence electrons. The van der Waals surface area contributed by atoms with Gasteiger partial charge in [-0.3, -0.25) is 4.72 Å². The van der Waals surface area contributed by atoms with E-state index < -0.39 is 10.0 Å². The van der Waals surface area contributed by atoms with Crippen molar-refractivity contribution in [2.24, 2.45) is 0 Å². The molecule has 2 heterocycles. The Hall–Kier alpha value is -2.42. The predicted molar refractivity (Wildman–Crippen MR) is 79.8 cm³/mol. The molecule has 3 rings (SSSR count). The van der Waals surface area contributed by atoms with Crippen molar-refractivity contribution in [2.75, 3.05) is 4.72 Å². The molecule has 0 saturated carbocycles. The van der Waals surface area contributed by atoms with Gasteiger partial charge in [0.25, 0.3) is 10.0 Å². The van der Waals surface area contributed by atoms with E-state index in [0.717, 1.165) is 6.42 Å². The lowest BCUT2D eigenvalue weighted by Crippen LogP contribution is -2.18. The van der Waals surface area contributed by atoms with E-state index in [0.29, 0.717) is 11.3 Å². The van der Waals surface area contributed by atoms with E-state index in [1.807, 2.05) is 13.8 Å². The molecule has 0 bridgehead atoms. The van der Waals surface area contributed by atoms with Gasteiger partial charge in [-0.2, -0.15) is 5.10 Å². The maximum Gasteiger partial charge on any atom is 0.265 e. The molecule has 22 heavy (non-hydrogen) atoms. The monoisotopic (exact) mass is 321 g/mol. The SMILES string of the molecule is CC[C@@H](C)n1nccc1NS(=O)(=O)c1cccc2nonc12. The minimum Gasteiger partial charge on any atom is -0.263 e. The molecule has 0 fully saturated rings. The Morgan fingerprint density at radius 2 is 2.14 bits per heavy atom. The third-order valence-electron chi connectivity index (χ3n) is 3.46. The van der Waals surface area contributed by atoms with Crippen LogP contribution in [0.4, 0.5) is 5.82 Å². The average molecular weight is 321 g/mol. The number of rotatable bonds is 5. The molecule has 1 N–H and O–H groups in total. The van der Waals surface area contributed by atoms with Crippen molar-refractivity contribution in [3.8, 4) is 0 Å².